The lowest BCUT2D eigenvalue weighted by Gasteiger charge is -2.45. The van der Waals surface area contributed by atoms with Gasteiger partial charge in [0.15, 0.2) is 8.32 Å². The van der Waals surface area contributed by atoms with E-state index < -0.39 is 18.3 Å². The number of likely N-dealkylation sites (tertiary alicyclic amines) is 1. The molecule has 0 aromatic heterocycles. The minimum atomic E-state index is -3.83. The molecule has 1 heterocycles. The standard InChI is InChI=1S/C26H38N2O3SSi/c1-20-13-15-23(16-14-20)32(29,30)27-25-21(2)24(31-33(6,7)26(3,4)5)17-18-28(25)19-22-11-9-8-10-12-22/h8-16,21,24H,17-19H2,1-7H3/b27-25+/t21-,24-/m1/s1. The van der Waals surface area contributed by atoms with Crippen molar-refractivity contribution in [1.29, 1.82) is 0 Å². The van der Waals surface area contributed by atoms with E-state index in [2.05, 4.69) is 62.2 Å². The molecule has 1 aliphatic heterocycles. The Bertz CT molecular complexity index is 1070. The Labute approximate surface area is 201 Å². The van der Waals surface area contributed by atoms with Gasteiger partial charge in [0.2, 0.25) is 0 Å². The van der Waals surface area contributed by atoms with Crippen molar-refractivity contribution in [3.05, 3.63) is 65.7 Å². The summed E-state index contributed by atoms with van der Waals surface area (Å²) in [6.07, 6.45) is 0.800. The summed E-state index contributed by atoms with van der Waals surface area (Å²) in [5.74, 6) is 0.464. The van der Waals surface area contributed by atoms with Crippen LogP contribution in [0.4, 0.5) is 0 Å². The molecule has 3 rings (SSSR count). The number of rotatable bonds is 6. The largest absolute Gasteiger partial charge is 0.413 e. The van der Waals surface area contributed by atoms with Crippen LogP contribution >= 0.6 is 0 Å². The predicted molar refractivity (Wildman–Crippen MR) is 139 cm³/mol. The van der Waals surface area contributed by atoms with Gasteiger partial charge in [-0.2, -0.15) is 8.42 Å². The zero-order chi connectivity index (χ0) is 24.4. The number of hydrogen-bond donors (Lipinski definition) is 0. The quantitative estimate of drug-likeness (QED) is 0.469. The van der Waals surface area contributed by atoms with Crippen LogP contribution in [0.1, 0.15) is 45.2 Å². The summed E-state index contributed by atoms with van der Waals surface area (Å²) in [5.41, 5.74) is 2.15. The lowest BCUT2D eigenvalue weighted by atomic mass is 9.95. The fraction of sp³-hybridized carbons (Fsp3) is 0.500. The van der Waals surface area contributed by atoms with Gasteiger partial charge in [0.05, 0.1) is 11.0 Å². The molecule has 0 radical (unpaired) electrons. The smallest absolute Gasteiger partial charge is 0.283 e. The minimum Gasteiger partial charge on any atom is -0.413 e. The van der Waals surface area contributed by atoms with Crippen molar-refractivity contribution in [2.24, 2.45) is 10.3 Å². The second kappa shape index (κ2) is 9.72. The first-order valence-corrected chi connectivity index (χ1v) is 16.0. The van der Waals surface area contributed by atoms with Gasteiger partial charge in [-0.25, -0.2) is 0 Å². The molecule has 1 saturated heterocycles. The normalized spacial score (nSPS) is 21.4. The van der Waals surface area contributed by atoms with Gasteiger partial charge in [-0.3, -0.25) is 0 Å². The number of hydrogen-bond acceptors (Lipinski definition) is 3. The third-order valence-electron chi connectivity index (χ3n) is 6.97. The molecule has 0 bridgehead atoms. The first kappa shape index (κ1) is 25.7. The average Bonchev–Trinajstić information content (AvgIpc) is 2.73. The number of aryl methyl sites for hydroxylation is 1. The van der Waals surface area contributed by atoms with E-state index in [-0.39, 0.29) is 22.0 Å². The van der Waals surface area contributed by atoms with Gasteiger partial charge in [0, 0.05) is 19.0 Å². The number of benzene rings is 2. The Hall–Kier alpha value is -1.96. The molecule has 2 aromatic rings. The van der Waals surface area contributed by atoms with Gasteiger partial charge in [-0.15, -0.1) is 4.40 Å². The fourth-order valence-corrected chi connectivity index (χ4v) is 6.35. The monoisotopic (exact) mass is 486 g/mol. The van der Waals surface area contributed by atoms with Gasteiger partial charge >= 0.3 is 0 Å². The van der Waals surface area contributed by atoms with E-state index in [9.17, 15) is 8.42 Å². The lowest BCUT2D eigenvalue weighted by Crippen LogP contribution is -2.53. The highest BCUT2D eigenvalue weighted by Crippen LogP contribution is 2.39. The molecule has 1 aliphatic rings. The van der Waals surface area contributed by atoms with Gasteiger partial charge < -0.3 is 9.33 Å². The summed E-state index contributed by atoms with van der Waals surface area (Å²) in [4.78, 5) is 2.33. The Morgan fingerprint density at radius 2 is 1.67 bits per heavy atom. The summed E-state index contributed by atoms with van der Waals surface area (Å²) in [6, 6.07) is 17.0. The molecule has 0 spiro atoms. The molecule has 180 valence electrons. The maximum Gasteiger partial charge on any atom is 0.283 e. The number of amidine groups is 1. The summed E-state index contributed by atoms with van der Waals surface area (Å²) in [5, 5.41) is 0.0825. The van der Waals surface area contributed by atoms with Crippen LogP contribution in [0, 0.1) is 12.8 Å². The van der Waals surface area contributed by atoms with Crippen LogP contribution in [-0.4, -0.2) is 40.1 Å². The van der Waals surface area contributed by atoms with Crippen molar-refractivity contribution >= 4 is 24.2 Å². The third-order valence-corrected chi connectivity index (χ3v) is 12.8. The third kappa shape index (κ3) is 6.13. The first-order chi connectivity index (χ1) is 15.3. The van der Waals surface area contributed by atoms with Crippen LogP contribution in [0.2, 0.25) is 18.1 Å². The molecule has 0 N–H and O–H groups in total. The van der Waals surface area contributed by atoms with Gasteiger partial charge in [0.1, 0.15) is 5.84 Å². The molecule has 33 heavy (non-hydrogen) atoms. The molecule has 0 amide bonds. The zero-order valence-electron chi connectivity index (χ0n) is 21.0. The minimum absolute atomic E-state index is 0.0510. The van der Waals surface area contributed by atoms with Crippen molar-refractivity contribution < 1.29 is 12.8 Å². The number of sulfonamides is 1. The van der Waals surface area contributed by atoms with Gasteiger partial charge in [0.25, 0.3) is 10.0 Å². The Morgan fingerprint density at radius 3 is 2.24 bits per heavy atom. The molecule has 2 aromatic carbocycles. The maximum absolute atomic E-state index is 13.3. The van der Waals surface area contributed by atoms with Gasteiger partial charge in [-0.05, 0) is 49.2 Å². The summed E-state index contributed by atoms with van der Waals surface area (Å²) >= 11 is 0. The summed E-state index contributed by atoms with van der Waals surface area (Å²) in [6.45, 7) is 16.5. The van der Waals surface area contributed by atoms with Crippen molar-refractivity contribution in [2.45, 2.75) is 76.7 Å². The van der Waals surface area contributed by atoms with Crippen LogP contribution < -0.4 is 0 Å². The topological polar surface area (TPSA) is 59.0 Å². The van der Waals surface area contributed by atoms with Crippen LogP contribution in [0.25, 0.3) is 0 Å². The second-order valence-electron chi connectivity index (χ2n) is 10.6. The van der Waals surface area contributed by atoms with E-state index in [4.69, 9.17) is 4.43 Å². The molecular weight excluding hydrogens is 448 g/mol. The van der Waals surface area contributed by atoms with E-state index in [0.717, 1.165) is 17.5 Å². The maximum atomic E-state index is 13.3. The van der Waals surface area contributed by atoms with E-state index in [0.29, 0.717) is 18.9 Å². The SMILES string of the molecule is Cc1ccc(S(=O)(=O)/N=C2\[C@H](C)[C@H](O[Si](C)(C)C(C)(C)C)CCN2Cc2ccccc2)cc1. The lowest BCUT2D eigenvalue weighted by molar-refractivity contribution is 0.108. The Kier molecular flexibility index (Phi) is 7.56. The number of nitrogens with zero attached hydrogens (tertiary/aromatic N) is 2. The van der Waals surface area contributed by atoms with Crippen molar-refractivity contribution in [1.82, 2.24) is 4.90 Å². The Morgan fingerprint density at radius 1 is 1.06 bits per heavy atom. The van der Waals surface area contributed by atoms with E-state index >= 15 is 0 Å². The fourth-order valence-electron chi connectivity index (χ4n) is 3.81. The van der Waals surface area contributed by atoms with Crippen molar-refractivity contribution in [3.8, 4) is 0 Å². The molecule has 0 saturated carbocycles. The van der Waals surface area contributed by atoms with Crippen molar-refractivity contribution in [2.75, 3.05) is 6.54 Å². The van der Waals surface area contributed by atoms with E-state index in [1.807, 2.05) is 37.3 Å². The van der Waals surface area contributed by atoms with Crippen molar-refractivity contribution in [3.63, 3.8) is 0 Å². The molecule has 5 nitrogen and oxygen atoms in total. The first-order valence-electron chi connectivity index (χ1n) is 11.7. The Balaban J connectivity index is 1.97. The summed E-state index contributed by atoms with van der Waals surface area (Å²) < 4.78 is 37.7. The summed E-state index contributed by atoms with van der Waals surface area (Å²) in [7, 11) is -5.84. The zero-order valence-corrected chi connectivity index (χ0v) is 22.8. The highest BCUT2D eigenvalue weighted by atomic mass is 32.2. The molecule has 0 aliphatic carbocycles. The van der Waals surface area contributed by atoms with Crippen LogP contribution in [0.5, 0.6) is 0 Å². The molecule has 7 heteroatoms. The van der Waals surface area contributed by atoms with Crippen LogP contribution in [-0.2, 0) is 21.0 Å². The van der Waals surface area contributed by atoms with E-state index in [1.165, 1.54) is 0 Å². The second-order valence-corrected chi connectivity index (χ2v) is 17.0. The number of piperidine rings is 1. The highest BCUT2D eigenvalue weighted by molar-refractivity contribution is 7.90. The molecule has 1 fully saturated rings. The molecule has 0 unspecified atom stereocenters. The average molecular weight is 487 g/mol. The van der Waals surface area contributed by atoms with Gasteiger partial charge in [-0.1, -0.05) is 75.7 Å². The van der Waals surface area contributed by atoms with E-state index in [1.54, 1.807) is 12.1 Å². The highest BCUT2D eigenvalue weighted by Gasteiger charge is 2.43. The van der Waals surface area contributed by atoms with Crippen LogP contribution in [0.15, 0.2) is 63.9 Å². The van der Waals surface area contributed by atoms with Crippen LogP contribution in [0.3, 0.4) is 0 Å². The predicted octanol–water partition coefficient (Wildman–Crippen LogP) is 6.01. The molecule has 2 atom stereocenters. The molecular formula is C26H38N2O3SSi.